The topological polar surface area (TPSA) is 102 Å². The molecule has 12 heteroatoms. The number of nitrogen functional groups attached to an aromatic ring is 2. The monoisotopic (exact) mass is 518 g/mol. The van der Waals surface area contributed by atoms with E-state index in [1.54, 1.807) is 36.4 Å². The van der Waals surface area contributed by atoms with Crippen LogP contribution in [0.1, 0.15) is 11.1 Å². The van der Waals surface area contributed by atoms with E-state index in [0.717, 1.165) is 24.3 Å². The molecule has 0 saturated heterocycles. The number of halogens is 6. The number of pyridine rings is 2. The van der Waals surface area contributed by atoms with Crippen molar-refractivity contribution in [2.45, 2.75) is 17.8 Å². The average Bonchev–Trinajstić information content (AvgIpc) is 2.82. The number of nitrogens with zero attached hydrogens (tertiary/aromatic N) is 2. The van der Waals surface area contributed by atoms with Gasteiger partial charge in [-0.05, 0) is 59.7 Å². The smallest absolute Gasteiger partial charge is 0.397 e. The Balaban J connectivity index is 1.83. The molecule has 2 heterocycles. The maximum atomic E-state index is 14.5. The molecule has 0 amide bonds. The van der Waals surface area contributed by atoms with Crippen LogP contribution in [0.15, 0.2) is 85.2 Å². The lowest BCUT2D eigenvalue weighted by molar-refractivity contribution is -0.288. The van der Waals surface area contributed by atoms with Crippen LogP contribution in [0, 0.1) is 0 Å². The van der Waals surface area contributed by atoms with E-state index in [4.69, 9.17) is 11.5 Å². The van der Waals surface area contributed by atoms with Gasteiger partial charge in [-0.25, -0.2) is 9.97 Å². The summed E-state index contributed by atoms with van der Waals surface area (Å²) >= 11 is 0. The third-order valence-corrected chi connectivity index (χ3v) is 5.67. The van der Waals surface area contributed by atoms with Gasteiger partial charge in [-0.15, -0.1) is 0 Å². The lowest BCUT2D eigenvalue weighted by Crippen LogP contribution is -2.54. The molecule has 0 fully saturated rings. The quantitative estimate of drug-likeness (QED) is 0.171. The van der Waals surface area contributed by atoms with Crippen LogP contribution in [0.25, 0.3) is 0 Å². The molecule has 37 heavy (non-hydrogen) atoms. The minimum atomic E-state index is -5.80. The summed E-state index contributed by atoms with van der Waals surface area (Å²) in [6.45, 7) is 0. The van der Waals surface area contributed by atoms with Gasteiger partial charge >= 0.3 is 12.4 Å². The lowest BCUT2D eigenvalue weighted by atomic mass is 9.72. The van der Waals surface area contributed by atoms with E-state index < -0.39 is 28.9 Å². The highest BCUT2D eigenvalue weighted by Crippen LogP contribution is 2.57. The first-order valence-electron chi connectivity index (χ1n) is 10.7. The van der Waals surface area contributed by atoms with E-state index in [2.05, 4.69) is 20.6 Å². The van der Waals surface area contributed by atoms with Gasteiger partial charge in [0.15, 0.2) is 0 Å². The Hall–Kier alpha value is -4.48. The molecule has 0 unspecified atom stereocenters. The van der Waals surface area contributed by atoms with Gasteiger partial charge in [0.2, 0.25) is 5.41 Å². The largest absolute Gasteiger partial charge is 0.411 e. The first kappa shape index (κ1) is 25.6. The van der Waals surface area contributed by atoms with Crippen LogP contribution >= 0.6 is 0 Å². The van der Waals surface area contributed by atoms with Crippen molar-refractivity contribution in [1.29, 1.82) is 0 Å². The van der Waals surface area contributed by atoms with Crippen molar-refractivity contribution >= 4 is 34.4 Å². The molecular weight excluding hydrogens is 498 g/mol. The van der Waals surface area contributed by atoms with Crippen molar-refractivity contribution < 1.29 is 26.3 Å². The van der Waals surface area contributed by atoms with Gasteiger partial charge in [0.05, 0.1) is 22.7 Å². The number of anilines is 6. The third kappa shape index (κ3) is 4.82. The zero-order chi connectivity index (χ0) is 26.8. The lowest BCUT2D eigenvalue weighted by Gasteiger charge is -2.38. The number of alkyl halides is 6. The van der Waals surface area contributed by atoms with Crippen molar-refractivity contribution in [1.82, 2.24) is 9.97 Å². The number of aromatic nitrogens is 2. The van der Waals surface area contributed by atoms with Gasteiger partial charge in [0.1, 0.15) is 11.6 Å². The predicted molar refractivity (Wildman–Crippen MR) is 130 cm³/mol. The van der Waals surface area contributed by atoms with E-state index in [0.29, 0.717) is 23.8 Å². The molecule has 0 aliphatic heterocycles. The molecule has 6 N–H and O–H groups in total. The molecule has 0 radical (unpaired) electrons. The summed E-state index contributed by atoms with van der Waals surface area (Å²) in [5.41, 5.74) is 4.70. The highest BCUT2D eigenvalue weighted by Gasteiger charge is 2.72. The summed E-state index contributed by atoms with van der Waals surface area (Å²) in [6.07, 6.45) is -8.67. The SMILES string of the molecule is Nc1cc(C(c2ccc(Nc3ccccn3)c(N)c2)(C(F)(F)F)C(F)(F)F)ccc1Nc1ccccn1. The Morgan fingerprint density at radius 1 is 0.568 bits per heavy atom. The second-order valence-electron chi connectivity index (χ2n) is 8.03. The van der Waals surface area contributed by atoms with Gasteiger partial charge < -0.3 is 22.1 Å². The van der Waals surface area contributed by atoms with Crippen LogP contribution in [0.3, 0.4) is 0 Å². The summed E-state index contributed by atoms with van der Waals surface area (Å²) in [4.78, 5) is 8.02. The molecule has 2 aromatic carbocycles. The van der Waals surface area contributed by atoms with E-state index in [-0.39, 0.29) is 22.7 Å². The van der Waals surface area contributed by atoms with Crippen LogP contribution in [0.5, 0.6) is 0 Å². The molecule has 2 aromatic heterocycles. The van der Waals surface area contributed by atoms with Crippen molar-refractivity contribution in [3.8, 4) is 0 Å². The minimum absolute atomic E-state index is 0.0927. The van der Waals surface area contributed by atoms with E-state index in [1.165, 1.54) is 12.4 Å². The average molecular weight is 518 g/mol. The second-order valence-corrected chi connectivity index (χ2v) is 8.03. The molecule has 192 valence electrons. The van der Waals surface area contributed by atoms with E-state index in [9.17, 15) is 26.3 Å². The Morgan fingerprint density at radius 3 is 1.27 bits per heavy atom. The molecule has 0 aliphatic carbocycles. The van der Waals surface area contributed by atoms with Gasteiger partial charge in [0.25, 0.3) is 0 Å². The van der Waals surface area contributed by atoms with Gasteiger partial charge in [-0.1, -0.05) is 24.3 Å². The van der Waals surface area contributed by atoms with Crippen LogP contribution < -0.4 is 22.1 Å². The Kier molecular flexibility index (Phi) is 6.59. The number of nitrogens with two attached hydrogens (primary N) is 2. The Labute approximate surface area is 207 Å². The highest BCUT2D eigenvalue weighted by atomic mass is 19.4. The van der Waals surface area contributed by atoms with E-state index in [1.807, 2.05) is 0 Å². The fraction of sp³-hybridized carbons (Fsp3) is 0.120. The number of hydrogen-bond donors (Lipinski definition) is 4. The fourth-order valence-electron chi connectivity index (χ4n) is 3.95. The molecule has 4 rings (SSSR count). The normalized spacial score (nSPS) is 12.3. The zero-order valence-corrected chi connectivity index (χ0v) is 18.9. The third-order valence-electron chi connectivity index (χ3n) is 5.67. The van der Waals surface area contributed by atoms with Gasteiger partial charge in [0, 0.05) is 12.4 Å². The molecular formula is C25H20F6N6. The van der Waals surface area contributed by atoms with Gasteiger partial charge in [-0.3, -0.25) is 0 Å². The molecule has 4 aromatic rings. The molecule has 0 aliphatic rings. The Morgan fingerprint density at radius 2 is 0.973 bits per heavy atom. The molecule has 0 atom stereocenters. The second kappa shape index (κ2) is 9.52. The summed E-state index contributed by atoms with van der Waals surface area (Å²) < 4.78 is 87.3. The number of hydrogen-bond acceptors (Lipinski definition) is 6. The summed E-state index contributed by atoms with van der Waals surface area (Å²) in [6, 6.07) is 14.6. The van der Waals surface area contributed by atoms with Crippen LogP contribution in [0.2, 0.25) is 0 Å². The van der Waals surface area contributed by atoms with Crippen molar-refractivity contribution in [2.75, 3.05) is 22.1 Å². The van der Waals surface area contributed by atoms with Crippen molar-refractivity contribution in [3.63, 3.8) is 0 Å². The molecule has 0 bridgehead atoms. The number of benzene rings is 2. The first-order chi connectivity index (χ1) is 17.4. The maximum Gasteiger partial charge on any atom is 0.411 e. The van der Waals surface area contributed by atoms with Gasteiger partial charge in [-0.2, -0.15) is 26.3 Å². The summed E-state index contributed by atoms with van der Waals surface area (Å²) in [7, 11) is 0. The van der Waals surface area contributed by atoms with Crippen LogP contribution in [-0.4, -0.2) is 22.3 Å². The zero-order valence-electron chi connectivity index (χ0n) is 18.9. The molecule has 0 spiro atoms. The Bertz CT molecular complexity index is 1270. The minimum Gasteiger partial charge on any atom is -0.397 e. The highest BCUT2D eigenvalue weighted by molar-refractivity contribution is 5.75. The number of rotatable bonds is 6. The molecule has 0 saturated carbocycles. The van der Waals surface area contributed by atoms with Crippen molar-refractivity contribution in [3.05, 3.63) is 96.3 Å². The standard InChI is InChI=1S/C25H20F6N6/c26-24(27,28)23(25(29,30)31,15-7-9-19(17(32)13-15)36-21-5-1-3-11-34-21)16-8-10-20(18(33)14-16)37-22-6-2-4-12-35-22/h1-14H,32-33H2,(H,34,36)(H,35,37). The summed E-state index contributed by atoms with van der Waals surface area (Å²) in [5, 5.41) is 5.55. The van der Waals surface area contributed by atoms with E-state index >= 15 is 0 Å². The van der Waals surface area contributed by atoms with Crippen LogP contribution in [-0.2, 0) is 5.41 Å². The summed E-state index contributed by atoms with van der Waals surface area (Å²) in [5.74, 6) is 0.618. The van der Waals surface area contributed by atoms with Crippen LogP contribution in [0.4, 0.5) is 60.7 Å². The molecule has 6 nitrogen and oxygen atoms in total. The first-order valence-corrected chi connectivity index (χ1v) is 10.7. The predicted octanol–water partition coefficient (Wildman–Crippen LogP) is 6.54. The maximum absolute atomic E-state index is 14.5. The van der Waals surface area contributed by atoms with Crippen molar-refractivity contribution in [2.24, 2.45) is 0 Å². The number of nitrogens with one attached hydrogen (secondary N) is 2. The fourth-order valence-corrected chi connectivity index (χ4v) is 3.95.